The van der Waals surface area contributed by atoms with E-state index in [-0.39, 0.29) is 0 Å². The highest BCUT2D eigenvalue weighted by Gasteiger charge is 2.61. The standard InChI is InChI=1S/C24H42B/c1-13(2)21-17-9-15(23(17,5)6)11-19(21)25-20-12-16-10-18(24(16,7)8)22(20)14(3)4/h13-22H,9-12H2,1-8H3/t15-,16-,17+,18+,19+,20+,21+,22+/m0/s1. The average molecular weight is 341 g/mol. The molecule has 6 saturated carbocycles. The van der Waals surface area contributed by atoms with E-state index in [0.29, 0.717) is 10.8 Å². The van der Waals surface area contributed by atoms with Gasteiger partial charge in [0.15, 0.2) is 0 Å². The molecule has 0 unspecified atom stereocenters. The minimum atomic E-state index is 0.618. The molecule has 0 nitrogen and oxygen atoms in total. The summed E-state index contributed by atoms with van der Waals surface area (Å²) in [6.45, 7) is 20.3. The zero-order valence-electron chi connectivity index (χ0n) is 18.2. The molecule has 1 heteroatoms. The van der Waals surface area contributed by atoms with E-state index in [1.165, 1.54) is 25.7 Å². The van der Waals surface area contributed by atoms with Crippen molar-refractivity contribution in [2.24, 2.45) is 58.2 Å². The van der Waals surface area contributed by atoms with Crippen LogP contribution in [-0.2, 0) is 0 Å². The molecule has 6 rings (SSSR count). The van der Waals surface area contributed by atoms with Crippen molar-refractivity contribution in [3.05, 3.63) is 0 Å². The van der Waals surface area contributed by atoms with Crippen LogP contribution in [0.25, 0.3) is 0 Å². The highest BCUT2D eigenvalue weighted by molar-refractivity contribution is 6.40. The molecule has 0 N–H and O–H groups in total. The first kappa shape index (κ1) is 18.4. The third-order valence-electron chi connectivity index (χ3n) is 10.2. The van der Waals surface area contributed by atoms with Gasteiger partial charge in [0.2, 0.25) is 0 Å². The second-order valence-corrected chi connectivity index (χ2v) is 12.4. The minimum Gasteiger partial charge on any atom is -0.0650 e. The van der Waals surface area contributed by atoms with E-state index in [4.69, 9.17) is 0 Å². The summed E-state index contributed by atoms with van der Waals surface area (Å²) in [6.07, 6.45) is 6.03. The summed E-state index contributed by atoms with van der Waals surface area (Å²) in [5.41, 5.74) is 1.24. The van der Waals surface area contributed by atoms with Crippen LogP contribution in [0.4, 0.5) is 0 Å². The highest BCUT2D eigenvalue weighted by Crippen LogP contribution is 2.69. The summed E-state index contributed by atoms with van der Waals surface area (Å²) in [6, 6.07) is 0. The molecule has 141 valence electrons. The van der Waals surface area contributed by atoms with Crippen LogP contribution < -0.4 is 0 Å². The van der Waals surface area contributed by atoms with E-state index in [2.05, 4.69) is 62.7 Å². The maximum absolute atomic E-state index is 2.94. The Hall–Kier alpha value is 0.0649. The van der Waals surface area contributed by atoms with E-state index >= 15 is 0 Å². The lowest BCUT2D eigenvalue weighted by atomic mass is 9.29. The molecule has 0 aromatic heterocycles. The number of fused-ring (bicyclic) bond motifs is 4. The Morgan fingerprint density at radius 1 is 0.640 bits per heavy atom. The van der Waals surface area contributed by atoms with Crippen LogP contribution >= 0.6 is 0 Å². The highest BCUT2D eigenvalue weighted by atomic mass is 14.6. The third-order valence-corrected chi connectivity index (χ3v) is 10.2. The monoisotopic (exact) mass is 341 g/mol. The van der Waals surface area contributed by atoms with E-state index in [1.807, 2.05) is 0 Å². The van der Waals surface area contributed by atoms with Gasteiger partial charge in [-0.25, -0.2) is 0 Å². The van der Waals surface area contributed by atoms with Crippen LogP contribution in [0.15, 0.2) is 0 Å². The van der Waals surface area contributed by atoms with Crippen LogP contribution in [0, 0.1) is 58.2 Å². The number of hydrogen-bond acceptors (Lipinski definition) is 0. The predicted molar refractivity (Wildman–Crippen MR) is 110 cm³/mol. The second-order valence-electron chi connectivity index (χ2n) is 12.4. The lowest BCUT2D eigenvalue weighted by Crippen LogP contribution is -2.59. The molecule has 0 spiro atoms. The van der Waals surface area contributed by atoms with Crippen LogP contribution in [0.5, 0.6) is 0 Å². The van der Waals surface area contributed by atoms with E-state index in [0.717, 1.165) is 59.0 Å². The first-order valence-electron chi connectivity index (χ1n) is 11.4. The Morgan fingerprint density at radius 3 is 1.28 bits per heavy atom. The Bertz CT molecular complexity index is 470. The first-order valence-corrected chi connectivity index (χ1v) is 11.4. The molecule has 25 heavy (non-hydrogen) atoms. The summed E-state index contributed by atoms with van der Waals surface area (Å²) in [7, 11) is 2.94. The number of rotatable bonds is 4. The summed E-state index contributed by atoms with van der Waals surface area (Å²) < 4.78 is 0. The zero-order valence-corrected chi connectivity index (χ0v) is 18.2. The molecule has 6 aliphatic carbocycles. The normalized spacial score (nSPS) is 49.5. The maximum atomic E-state index is 2.94. The van der Waals surface area contributed by atoms with Gasteiger partial charge in [-0.1, -0.05) is 79.9 Å². The lowest BCUT2D eigenvalue weighted by Gasteiger charge is -2.66. The van der Waals surface area contributed by atoms with E-state index in [9.17, 15) is 0 Å². The molecule has 0 aromatic carbocycles. The van der Waals surface area contributed by atoms with Gasteiger partial charge in [-0.3, -0.25) is 0 Å². The van der Waals surface area contributed by atoms with Gasteiger partial charge in [-0.15, -0.1) is 0 Å². The molecular formula is C24H42B. The minimum absolute atomic E-state index is 0.618. The largest absolute Gasteiger partial charge is 0.118 e. The van der Waals surface area contributed by atoms with Crippen molar-refractivity contribution in [3.8, 4) is 0 Å². The third kappa shape index (κ3) is 2.53. The van der Waals surface area contributed by atoms with Crippen molar-refractivity contribution in [2.45, 2.75) is 92.7 Å². The molecule has 4 bridgehead atoms. The van der Waals surface area contributed by atoms with Crippen LogP contribution in [-0.4, -0.2) is 7.28 Å². The van der Waals surface area contributed by atoms with E-state index in [1.54, 1.807) is 0 Å². The molecule has 1 radical (unpaired) electrons. The van der Waals surface area contributed by atoms with Crippen molar-refractivity contribution >= 4 is 7.28 Å². The lowest BCUT2D eigenvalue weighted by molar-refractivity contribution is -0.124. The molecule has 0 amide bonds. The molecule has 0 aromatic rings. The van der Waals surface area contributed by atoms with Gasteiger partial charge in [-0.05, 0) is 71.0 Å². The smallest absolute Gasteiger partial charge is 0.0650 e. The summed E-state index contributed by atoms with van der Waals surface area (Å²) in [4.78, 5) is 0. The van der Waals surface area contributed by atoms with Crippen molar-refractivity contribution in [3.63, 3.8) is 0 Å². The first-order chi connectivity index (χ1) is 11.5. The van der Waals surface area contributed by atoms with Crippen molar-refractivity contribution < 1.29 is 0 Å². The van der Waals surface area contributed by atoms with Crippen molar-refractivity contribution in [1.29, 1.82) is 0 Å². The summed E-state index contributed by atoms with van der Waals surface area (Å²) in [5, 5.41) is 0. The Balaban J connectivity index is 1.52. The topological polar surface area (TPSA) is 0 Å². The SMILES string of the molecule is CC(C)[C@H]1[C@H]([B][C@@H]2C[C@@H]3C[C@H]([C@H]2C(C)C)C3(C)C)C[C@@H]2C[C@H]1C2(C)C. The van der Waals surface area contributed by atoms with Gasteiger partial charge >= 0.3 is 0 Å². The maximum Gasteiger partial charge on any atom is 0.118 e. The molecule has 0 aliphatic heterocycles. The molecule has 8 atom stereocenters. The Kier molecular flexibility index (Phi) is 4.26. The quantitative estimate of drug-likeness (QED) is 0.486. The Morgan fingerprint density at radius 2 is 1.00 bits per heavy atom. The van der Waals surface area contributed by atoms with Gasteiger partial charge in [0.05, 0.1) is 0 Å². The summed E-state index contributed by atoms with van der Waals surface area (Å²) in [5.74, 6) is 9.36. The molecular weight excluding hydrogens is 299 g/mol. The van der Waals surface area contributed by atoms with Crippen molar-refractivity contribution in [2.75, 3.05) is 0 Å². The predicted octanol–water partition coefficient (Wildman–Crippen LogP) is 6.94. The molecule has 6 aliphatic rings. The van der Waals surface area contributed by atoms with Gasteiger partial charge in [-0.2, -0.15) is 0 Å². The van der Waals surface area contributed by atoms with Crippen molar-refractivity contribution in [1.82, 2.24) is 0 Å². The molecule has 0 saturated heterocycles. The zero-order chi connectivity index (χ0) is 18.3. The van der Waals surface area contributed by atoms with Crippen LogP contribution in [0.1, 0.15) is 81.1 Å². The Labute approximate surface area is 158 Å². The number of hydrogen-bond donors (Lipinski definition) is 0. The fraction of sp³-hybridized carbons (Fsp3) is 1.00. The van der Waals surface area contributed by atoms with Gasteiger partial charge in [0.25, 0.3) is 0 Å². The summed E-state index contributed by atoms with van der Waals surface area (Å²) >= 11 is 0. The van der Waals surface area contributed by atoms with Crippen LogP contribution in [0.3, 0.4) is 0 Å². The molecule has 6 fully saturated rings. The average Bonchev–Trinajstić information content (AvgIpc) is 2.53. The van der Waals surface area contributed by atoms with Gasteiger partial charge in [0.1, 0.15) is 7.28 Å². The van der Waals surface area contributed by atoms with Gasteiger partial charge in [0, 0.05) is 0 Å². The fourth-order valence-corrected chi connectivity index (χ4v) is 8.44. The fourth-order valence-electron chi connectivity index (χ4n) is 8.44. The molecule has 0 heterocycles. The second kappa shape index (κ2) is 5.78. The van der Waals surface area contributed by atoms with Gasteiger partial charge < -0.3 is 0 Å². The van der Waals surface area contributed by atoms with Crippen LogP contribution in [0.2, 0.25) is 11.6 Å². The van der Waals surface area contributed by atoms with E-state index < -0.39 is 0 Å².